The van der Waals surface area contributed by atoms with E-state index in [1.54, 1.807) is 0 Å². The molecule has 2 rings (SSSR count). The lowest BCUT2D eigenvalue weighted by Gasteiger charge is -1.99. The van der Waals surface area contributed by atoms with Crippen molar-refractivity contribution < 1.29 is 4.52 Å². The van der Waals surface area contributed by atoms with Gasteiger partial charge in [0.15, 0.2) is 5.82 Å². The van der Waals surface area contributed by atoms with Crippen LogP contribution in [0.4, 0.5) is 0 Å². The fourth-order valence-corrected chi connectivity index (χ4v) is 1.77. The first-order valence-electron chi connectivity index (χ1n) is 6.14. The fourth-order valence-electron chi connectivity index (χ4n) is 1.77. The van der Waals surface area contributed by atoms with Crippen molar-refractivity contribution in [1.29, 1.82) is 0 Å². The smallest absolute Gasteiger partial charge is 0.257 e. The summed E-state index contributed by atoms with van der Waals surface area (Å²) < 4.78 is 5.26. The van der Waals surface area contributed by atoms with Crippen LogP contribution < -0.4 is 0 Å². The summed E-state index contributed by atoms with van der Waals surface area (Å²) in [5.74, 6) is 3.97. The minimum atomic E-state index is 0.563. The molecule has 0 aliphatic rings. The molecule has 0 atom stereocenters. The first-order valence-corrected chi connectivity index (χ1v) is 6.14. The molecule has 0 aliphatic heterocycles. The van der Waals surface area contributed by atoms with Gasteiger partial charge in [-0.15, -0.1) is 6.42 Å². The first kappa shape index (κ1) is 12.4. The molecule has 1 aromatic carbocycles. The number of aromatic nitrogens is 2. The van der Waals surface area contributed by atoms with Gasteiger partial charge in [-0.05, 0) is 37.1 Å². The van der Waals surface area contributed by atoms with Crippen molar-refractivity contribution >= 4 is 0 Å². The maximum Gasteiger partial charge on any atom is 0.257 e. The van der Waals surface area contributed by atoms with Crippen LogP contribution in [0.15, 0.2) is 22.7 Å². The van der Waals surface area contributed by atoms with Crippen LogP contribution in [0.3, 0.4) is 0 Å². The van der Waals surface area contributed by atoms with Crippen LogP contribution in [-0.4, -0.2) is 10.1 Å². The van der Waals surface area contributed by atoms with Gasteiger partial charge in [-0.25, -0.2) is 0 Å². The van der Waals surface area contributed by atoms with Crippen molar-refractivity contribution in [2.75, 3.05) is 0 Å². The van der Waals surface area contributed by atoms with E-state index >= 15 is 0 Å². The molecule has 0 fully saturated rings. The summed E-state index contributed by atoms with van der Waals surface area (Å²) in [4.78, 5) is 4.39. The minimum Gasteiger partial charge on any atom is -0.334 e. The highest BCUT2D eigenvalue weighted by molar-refractivity contribution is 5.57. The molecule has 0 saturated carbocycles. The minimum absolute atomic E-state index is 0.563. The fraction of sp³-hybridized carbons (Fsp3) is 0.333. The monoisotopic (exact) mass is 240 g/mol. The molecule has 0 amide bonds. The Morgan fingerprint density at radius 3 is 2.89 bits per heavy atom. The van der Waals surface area contributed by atoms with E-state index in [4.69, 9.17) is 10.9 Å². The van der Waals surface area contributed by atoms with Crippen molar-refractivity contribution in [1.82, 2.24) is 10.1 Å². The van der Waals surface area contributed by atoms with Crippen LogP contribution >= 0.6 is 0 Å². The summed E-state index contributed by atoms with van der Waals surface area (Å²) in [7, 11) is 0. The van der Waals surface area contributed by atoms with E-state index in [2.05, 4.69) is 23.0 Å². The molecule has 0 aliphatic carbocycles. The van der Waals surface area contributed by atoms with E-state index < -0.39 is 0 Å². The summed E-state index contributed by atoms with van der Waals surface area (Å²) in [5.41, 5.74) is 2.86. The molecular weight excluding hydrogens is 224 g/mol. The lowest BCUT2D eigenvalue weighted by atomic mass is 10.1. The van der Waals surface area contributed by atoms with Gasteiger partial charge in [-0.3, -0.25) is 0 Å². The van der Waals surface area contributed by atoms with Crippen LogP contribution in [-0.2, 0) is 6.42 Å². The van der Waals surface area contributed by atoms with E-state index in [9.17, 15) is 0 Å². The Kier molecular flexibility index (Phi) is 3.78. The molecular formula is C15H16N2O. The number of unbranched alkanes of at least 4 members (excludes halogenated alkanes) is 1. The zero-order valence-electron chi connectivity index (χ0n) is 10.7. The van der Waals surface area contributed by atoms with Gasteiger partial charge in [-0.1, -0.05) is 24.4 Å². The third-order valence-corrected chi connectivity index (χ3v) is 2.85. The SMILES string of the molecule is C#Cc1ccc(-c2nc(CCCC)no2)cc1C. The number of hydrogen-bond acceptors (Lipinski definition) is 3. The van der Waals surface area contributed by atoms with Gasteiger partial charge in [0.25, 0.3) is 5.89 Å². The molecule has 0 saturated heterocycles. The molecule has 18 heavy (non-hydrogen) atoms. The molecule has 0 N–H and O–H groups in total. The number of terminal acetylenes is 1. The zero-order chi connectivity index (χ0) is 13.0. The van der Waals surface area contributed by atoms with Crippen LogP contribution in [0.5, 0.6) is 0 Å². The summed E-state index contributed by atoms with van der Waals surface area (Å²) in [6.45, 7) is 4.12. The maximum absolute atomic E-state index is 5.40. The molecule has 0 spiro atoms. The van der Waals surface area contributed by atoms with Crippen LogP contribution in [0.25, 0.3) is 11.5 Å². The lowest BCUT2D eigenvalue weighted by molar-refractivity contribution is 0.421. The Morgan fingerprint density at radius 2 is 2.22 bits per heavy atom. The largest absolute Gasteiger partial charge is 0.334 e. The second-order valence-electron chi connectivity index (χ2n) is 4.29. The van der Waals surface area contributed by atoms with Crippen molar-refractivity contribution in [3.05, 3.63) is 35.2 Å². The average molecular weight is 240 g/mol. The molecule has 0 bridgehead atoms. The van der Waals surface area contributed by atoms with Gasteiger partial charge in [0, 0.05) is 17.5 Å². The number of benzene rings is 1. The summed E-state index contributed by atoms with van der Waals surface area (Å²) in [6.07, 6.45) is 8.46. The molecule has 2 aromatic rings. The normalized spacial score (nSPS) is 10.3. The van der Waals surface area contributed by atoms with Gasteiger partial charge in [0.05, 0.1) is 0 Å². The van der Waals surface area contributed by atoms with E-state index in [0.29, 0.717) is 5.89 Å². The molecule has 1 aromatic heterocycles. The molecule has 92 valence electrons. The Morgan fingerprint density at radius 1 is 1.39 bits per heavy atom. The molecule has 3 heteroatoms. The van der Waals surface area contributed by atoms with E-state index in [1.165, 1.54) is 0 Å². The Balaban J connectivity index is 2.24. The second-order valence-corrected chi connectivity index (χ2v) is 4.29. The second kappa shape index (κ2) is 5.50. The average Bonchev–Trinajstić information content (AvgIpc) is 2.85. The van der Waals surface area contributed by atoms with Crippen LogP contribution in [0, 0.1) is 19.3 Å². The first-order chi connectivity index (χ1) is 8.74. The Hall–Kier alpha value is -2.08. The lowest BCUT2D eigenvalue weighted by Crippen LogP contribution is -1.88. The maximum atomic E-state index is 5.40. The third kappa shape index (κ3) is 2.60. The van der Waals surface area contributed by atoms with Crippen molar-refractivity contribution in [2.45, 2.75) is 33.1 Å². The quantitative estimate of drug-likeness (QED) is 0.769. The van der Waals surface area contributed by atoms with E-state index in [-0.39, 0.29) is 0 Å². The summed E-state index contributed by atoms with van der Waals surface area (Å²) in [6, 6.07) is 5.80. The molecule has 0 radical (unpaired) electrons. The summed E-state index contributed by atoms with van der Waals surface area (Å²) >= 11 is 0. The zero-order valence-corrected chi connectivity index (χ0v) is 10.7. The number of aryl methyl sites for hydroxylation is 2. The van der Waals surface area contributed by atoms with Crippen LogP contribution in [0.1, 0.15) is 36.7 Å². The topological polar surface area (TPSA) is 38.9 Å². The predicted octanol–water partition coefficient (Wildman–Crippen LogP) is 3.37. The van der Waals surface area contributed by atoms with E-state index in [1.807, 2.05) is 25.1 Å². The summed E-state index contributed by atoms with van der Waals surface area (Å²) in [5, 5.41) is 3.98. The van der Waals surface area contributed by atoms with Gasteiger partial charge >= 0.3 is 0 Å². The van der Waals surface area contributed by atoms with Crippen molar-refractivity contribution in [2.24, 2.45) is 0 Å². The van der Waals surface area contributed by atoms with E-state index in [0.717, 1.165) is 41.8 Å². The van der Waals surface area contributed by atoms with Gasteiger partial charge in [0.1, 0.15) is 0 Å². The highest BCUT2D eigenvalue weighted by Crippen LogP contribution is 2.20. The molecule has 1 heterocycles. The Bertz CT molecular complexity index is 578. The Labute approximate surface area is 107 Å². The molecule has 0 unspecified atom stereocenters. The van der Waals surface area contributed by atoms with Gasteiger partial charge < -0.3 is 4.52 Å². The molecule has 3 nitrogen and oxygen atoms in total. The highest BCUT2D eigenvalue weighted by Gasteiger charge is 2.09. The van der Waals surface area contributed by atoms with Crippen LogP contribution in [0.2, 0.25) is 0 Å². The van der Waals surface area contributed by atoms with Gasteiger partial charge in [-0.2, -0.15) is 4.98 Å². The number of rotatable bonds is 4. The van der Waals surface area contributed by atoms with Crippen molar-refractivity contribution in [3.8, 4) is 23.8 Å². The third-order valence-electron chi connectivity index (χ3n) is 2.85. The number of hydrogen-bond donors (Lipinski definition) is 0. The van der Waals surface area contributed by atoms with Crippen molar-refractivity contribution in [3.63, 3.8) is 0 Å². The highest BCUT2D eigenvalue weighted by atomic mass is 16.5. The standard InChI is InChI=1S/C15H16N2O/c1-4-6-7-14-16-15(18-17-14)13-9-8-12(5-2)11(3)10-13/h2,8-10H,4,6-7H2,1,3H3. The van der Waals surface area contributed by atoms with Gasteiger partial charge in [0.2, 0.25) is 0 Å². The number of nitrogens with zero attached hydrogens (tertiary/aromatic N) is 2. The predicted molar refractivity (Wildman–Crippen MR) is 71.0 cm³/mol.